The summed E-state index contributed by atoms with van der Waals surface area (Å²) in [6, 6.07) is 6.04. The second-order valence-corrected chi connectivity index (χ2v) is 5.77. The second kappa shape index (κ2) is 6.33. The molecule has 1 saturated carbocycles. The Morgan fingerprint density at radius 1 is 1.22 bits per heavy atom. The third kappa shape index (κ3) is 3.81. The fourth-order valence-electron chi connectivity index (χ4n) is 2.77. The van der Waals surface area contributed by atoms with E-state index in [4.69, 9.17) is 0 Å². The van der Waals surface area contributed by atoms with E-state index >= 15 is 0 Å². The van der Waals surface area contributed by atoms with Crippen LogP contribution in [0.3, 0.4) is 0 Å². The molecule has 0 radical (unpaired) electrons. The number of hydrogen-bond acceptors (Lipinski definition) is 1. The van der Waals surface area contributed by atoms with Crippen molar-refractivity contribution in [1.29, 1.82) is 0 Å². The Bertz CT molecular complexity index is 389. The van der Waals surface area contributed by atoms with Gasteiger partial charge in [0.15, 0.2) is 0 Å². The maximum atomic E-state index is 13.2. The molecule has 0 aromatic heterocycles. The van der Waals surface area contributed by atoms with Crippen molar-refractivity contribution >= 4 is 0 Å². The van der Waals surface area contributed by atoms with Crippen molar-refractivity contribution in [2.45, 2.75) is 58.5 Å². The number of nitrogens with one attached hydrogen (secondary N) is 1. The van der Waals surface area contributed by atoms with E-state index in [-0.39, 0.29) is 5.82 Å². The van der Waals surface area contributed by atoms with Gasteiger partial charge in [-0.2, -0.15) is 0 Å². The normalized spacial score (nSPS) is 24.8. The Hall–Kier alpha value is -0.890. The van der Waals surface area contributed by atoms with E-state index in [1.54, 1.807) is 6.07 Å². The Balaban J connectivity index is 1.85. The molecular weight excluding hydrogens is 225 g/mol. The first-order chi connectivity index (χ1) is 8.65. The highest BCUT2D eigenvalue weighted by atomic mass is 19.1. The largest absolute Gasteiger partial charge is 0.310 e. The average molecular weight is 249 g/mol. The summed E-state index contributed by atoms with van der Waals surface area (Å²) in [5.41, 5.74) is 1.93. The molecule has 1 N–H and O–H groups in total. The number of halogens is 1. The van der Waals surface area contributed by atoms with E-state index in [9.17, 15) is 4.39 Å². The molecule has 2 unspecified atom stereocenters. The minimum Gasteiger partial charge on any atom is -0.310 e. The molecule has 18 heavy (non-hydrogen) atoms. The van der Waals surface area contributed by atoms with Gasteiger partial charge in [0.1, 0.15) is 5.82 Å². The van der Waals surface area contributed by atoms with Gasteiger partial charge in [-0.05, 0) is 49.3 Å². The predicted octanol–water partition coefficient (Wildman–Crippen LogP) is 4.19. The highest BCUT2D eigenvalue weighted by Crippen LogP contribution is 2.22. The molecule has 2 rings (SSSR count). The van der Waals surface area contributed by atoms with Gasteiger partial charge < -0.3 is 5.32 Å². The molecule has 2 heteroatoms. The average Bonchev–Trinajstić information content (AvgIpc) is 2.56. The molecule has 0 bridgehead atoms. The molecule has 1 fully saturated rings. The third-order valence-corrected chi connectivity index (χ3v) is 4.07. The van der Waals surface area contributed by atoms with Crippen molar-refractivity contribution in [2.24, 2.45) is 5.92 Å². The monoisotopic (exact) mass is 249 g/mol. The van der Waals surface area contributed by atoms with Crippen LogP contribution in [0.5, 0.6) is 0 Å². The van der Waals surface area contributed by atoms with Crippen LogP contribution in [0.1, 0.15) is 50.2 Å². The maximum absolute atomic E-state index is 13.2. The first-order valence-electron chi connectivity index (χ1n) is 7.13. The van der Waals surface area contributed by atoms with E-state index in [0.717, 1.165) is 18.0 Å². The number of benzene rings is 1. The molecule has 100 valence electrons. The third-order valence-electron chi connectivity index (χ3n) is 4.07. The van der Waals surface area contributed by atoms with Gasteiger partial charge in [0, 0.05) is 12.6 Å². The summed E-state index contributed by atoms with van der Waals surface area (Å²) in [4.78, 5) is 0. The Morgan fingerprint density at radius 2 is 2.06 bits per heavy atom. The maximum Gasteiger partial charge on any atom is 0.126 e. The molecule has 1 aromatic rings. The molecule has 0 amide bonds. The standard InChI is InChI=1S/C16H24FN/c1-12-4-3-5-15(8-6-12)18-11-14-7-9-16(17)13(2)10-14/h7,9-10,12,15,18H,3-6,8,11H2,1-2H3. The lowest BCUT2D eigenvalue weighted by Gasteiger charge is -2.16. The summed E-state index contributed by atoms with van der Waals surface area (Å²) in [6.07, 6.45) is 6.60. The smallest absolute Gasteiger partial charge is 0.126 e. The molecule has 0 spiro atoms. The van der Waals surface area contributed by atoms with Crippen molar-refractivity contribution in [3.8, 4) is 0 Å². The fourth-order valence-corrected chi connectivity index (χ4v) is 2.77. The van der Waals surface area contributed by atoms with E-state index in [1.807, 2.05) is 19.1 Å². The lowest BCUT2D eigenvalue weighted by molar-refractivity contribution is 0.447. The van der Waals surface area contributed by atoms with E-state index < -0.39 is 0 Å². The molecule has 1 nitrogen and oxygen atoms in total. The van der Waals surface area contributed by atoms with Crippen molar-refractivity contribution in [2.75, 3.05) is 0 Å². The summed E-state index contributed by atoms with van der Waals surface area (Å²) in [7, 11) is 0. The zero-order chi connectivity index (χ0) is 13.0. The van der Waals surface area contributed by atoms with E-state index in [0.29, 0.717) is 6.04 Å². The van der Waals surface area contributed by atoms with Crippen LogP contribution < -0.4 is 5.32 Å². The van der Waals surface area contributed by atoms with Gasteiger partial charge in [-0.25, -0.2) is 4.39 Å². The minimum atomic E-state index is -0.109. The minimum absolute atomic E-state index is 0.109. The summed E-state index contributed by atoms with van der Waals surface area (Å²) < 4.78 is 13.2. The second-order valence-electron chi connectivity index (χ2n) is 5.77. The van der Waals surface area contributed by atoms with Gasteiger partial charge in [-0.15, -0.1) is 0 Å². The molecule has 1 aliphatic rings. The zero-order valence-corrected chi connectivity index (χ0v) is 11.5. The van der Waals surface area contributed by atoms with Crippen LogP contribution in [0, 0.1) is 18.7 Å². The molecule has 0 heterocycles. The summed E-state index contributed by atoms with van der Waals surface area (Å²) in [6.45, 7) is 5.04. The van der Waals surface area contributed by atoms with Crippen molar-refractivity contribution in [3.05, 3.63) is 35.1 Å². The highest BCUT2D eigenvalue weighted by Gasteiger charge is 2.15. The van der Waals surface area contributed by atoms with Crippen LogP contribution in [0.2, 0.25) is 0 Å². The van der Waals surface area contributed by atoms with E-state index in [1.165, 1.54) is 37.7 Å². The summed E-state index contributed by atoms with van der Waals surface area (Å²) in [5, 5.41) is 3.62. The van der Waals surface area contributed by atoms with Gasteiger partial charge in [0.2, 0.25) is 0 Å². The van der Waals surface area contributed by atoms with Crippen molar-refractivity contribution < 1.29 is 4.39 Å². The van der Waals surface area contributed by atoms with Gasteiger partial charge in [0.25, 0.3) is 0 Å². The van der Waals surface area contributed by atoms with Crippen molar-refractivity contribution in [3.63, 3.8) is 0 Å². The Labute approximate surface area is 110 Å². The van der Waals surface area contributed by atoms with Gasteiger partial charge in [0.05, 0.1) is 0 Å². The fraction of sp³-hybridized carbons (Fsp3) is 0.625. The molecule has 0 saturated heterocycles. The Kier molecular flexibility index (Phi) is 4.76. The highest BCUT2D eigenvalue weighted by molar-refractivity contribution is 5.23. The molecule has 1 aromatic carbocycles. The van der Waals surface area contributed by atoms with Crippen LogP contribution in [0.15, 0.2) is 18.2 Å². The lowest BCUT2D eigenvalue weighted by atomic mass is 10.0. The first-order valence-corrected chi connectivity index (χ1v) is 7.13. The van der Waals surface area contributed by atoms with Crippen LogP contribution in [0.4, 0.5) is 4.39 Å². The van der Waals surface area contributed by atoms with Gasteiger partial charge >= 0.3 is 0 Å². The van der Waals surface area contributed by atoms with Crippen LogP contribution in [0.25, 0.3) is 0 Å². The summed E-state index contributed by atoms with van der Waals surface area (Å²) >= 11 is 0. The molecule has 1 aliphatic carbocycles. The quantitative estimate of drug-likeness (QED) is 0.792. The van der Waals surface area contributed by atoms with Crippen LogP contribution in [-0.4, -0.2) is 6.04 Å². The molecule has 0 aliphatic heterocycles. The Morgan fingerprint density at radius 3 is 2.83 bits per heavy atom. The zero-order valence-electron chi connectivity index (χ0n) is 11.5. The summed E-state index contributed by atoms with van der Waals surface area (Å²) in [5.74, 6) is 0.770. The number of hydrogen-bond donors (Lipinski definition) is 1. The first kappa shape index (κ1) is 13.5. The molecule has 2 atom stereocenters. The predicted molar refractivity (Wildman–Crippen MR) is 74.0 cm³/mol. The van der Waals surface area contributed by atoms with Gasteiger partial charge in [-0.3, -0.25) is 0 Å². The SMILES string of the molecule is Cc1cc(CNC2CCCC(C)CC2)ccc1F. The van der Waals surface area contributed by atoms with Crippen LogP contribution >= 0.6 is 0 Å². The van der Waals surface area contributed by atoms with Gasteiger partial charge in [-0.1, -0.05) is 31.9 Å². The van der Waals surface area contributed by atoms with E-state index in [2.05, 4.69) is 12.2 Å². The topological polar surface area (TPSA) is 12.0 Å². The lowest BCUT2D eigenvalue weighted by Crippen LogP contribution is -2.28. The molecular formula is C16H24FN. The van der Waals surface area contributed by atoms with Crippen molar-refractivity contribution in [1.82, 2.24) is 5.32 Å². The number of rotatable bonds is 3. The van der Waals surface area contributed by atoms with Crippen LogP contribution in [-0.2, 0) is 6.54 Å². The number of aryl methyl sites for hydroxylation is 1.